The number of carbonyl (C=O) groups is 1. The Labute approximate surface area is 167 Å². The SMILES string of the molecule is C=CC(F)(F)[C@H](O)C(=O)N1CCC(C2(c3nnc(-c4ccccc4)o3)CC2)CC1. The smallest absolute Gasteiger partial charge is 0.300 e. The Morgan fingerprint density at radius 2 is 1.93 bits per heavy atom. The third-order valence-electron chi connectivity index (χ3n) is 6.12. The van der Waals surface area contributed by atoms with Gasteiger partial charge >= 0.3 is 5.92 Å². The van der Waals surface area contributed by atoms with E-state index in [9.17, 15) is 18.7 Å². The van der Waals surface area contributed by atoms with E-state index in [1.54, 1.807) is 0 Å². The number of halogens is 2. The number of amides is 1. The maximum Gasteiger partial charge on any atom is 0.300 e. The number of aromatic nitrogens is 2. The largest absolute Gasteiger partial charge is 0.420 e. The van der Waals surface area contributed by atoms with Crippen LogP contribution in [0.15, 0.2) is 47.4 Å². The highest BCUT2D eigenvalue weighted by Gasteiger charge is 2.55. The minimum Gasteiger partial charge on any atom is -0.420 e. The van der Waals surface area contributed by atoms with Crippen molar-refractivity contribution in [3.8, 4) is 11.5 Å². The van der Waals surface area contributed by atoms with Gasteiger partial charge in [-0.1, -0.05) is 24.8 Å². The van der Waals surface area contributed by atoms with Gasteiger partial charge in [-0.2, -0.15) is 8.78 Å². The molecule has 6 nitrogen and oxygen atoms in total. The number of alkyl halides is 2. The number of carbonyl (C=O) groups excluding carboxylic acids is 1. The molecule has 4 rings (SSSR count). The van der Waals surface area contributed by atoms with Crippen LogP contribution in [0, 0.1) is 5.92 Å². The predicted molar refractivity (Wildman–Crippen MR) is 101 cm³/mol. The quantitative estimate of drug-likeness (QED) is 0.750. The van der Waals surface area contributed by atoms with Crippen molar-refractivity contribution >= 4 is 5.91 Å². The van der Waals surface area contributed by atoms with Crippen LogP contribution in [0.5, 0.6) is 0 Å². The molecule has 1 N–H and O–H groups in total. The summed E-state index contributed by atoms with van der Waals surface area (Å²) in [4.78, 5) is 13.5. The van der Waals surface area contributed by atoms with Crippen LogP contribution >= 0.6 is 0 Å². The molecule has 1 amide bonds. The van der Waals surface area contributed by atoms with Gasteiger partial charge in [0.15, 0.2) is 0 Å². The topological polar surface area (TPSA) is 79.5 Å². The first-order chi connectivity index (χ1) is 13.9. The van der Waals surface area contributed by atoms with Crippen molar-refractivity contribution in [2.24, 2.45) is 5.92 Å². The van der Waals surface area contributed by atoms with Gasteiger partial charge in [-0.05, 0) is 49.8 Å². The van der Waals surface area contributed by atoms with Gasteiger partial charge in [-0.25, -0.2) is 0 Å². The zero-order valence-electron chi connectivity index (χ0n) is 15.9. The highest BCUT2D eigenvalue weighted by atomic mass is 19.3. The third kappa shape index (κ3) is 3.57. The first-order valence-electron chi connectivity index (χ1n) is 9.75. The normalized spacial score (nSPS) is 20.3. The Morgan fingerprint density at radius 3 is 2.52 bits per heavy atom. The van der Waals surface area contributed by atoms with Crippen LogP contribution < -0.4 is 0 Å². The summed E-state index contributed by atoms with van der Waals surface area (Å²) in [5, 5.41) is 18.1. The lowest BCUT2D eigenvalue weighted by atomic mass is 9.81. The number of aliphatic hydroxyl groups is 1. The van der Waals surface area contributed by atoms with E-state index in [1.807, 2.05) is 30.3 Å². The Kier molecular flexibility index (Phi) is 4.98. The number of piperidine rings is 1. The van der Waals surface area contributed by atoms with Crippen molar-refractivity contribution in [1.29, 1.82) is 0 Å². The summed E-state index contributed by atoms with van der Waals surface area (Å²) < 4.78 is 33.1. The number of aliphatic hydroxyl groups excluding tert-OH is 1. The van der Waals surface area contributed by atoms with E-state index < -0.39 is 17.9 Å². The predicted octanol–water partition coefficient (Wildman–Crippen LogP) is 3.19. The Hall–Kier alpha value is -2.61. The zero-order chi connectivity index (χ0) is 20.6. The lowest BCUT2D eigenvalue weighted by Gasteiger charge is -2.36. The summed E-state index contributed by atoms with van der Waals surface area (Å²) >= 11 is 0. The van der Waals surface area contributed by atoms with E-state index in [2.05, 4.69) is 16.8 Å². The summed E-state index contributed by atoms with van der Waals surface area (Å²) in [6, 6.07) is 9.54. The van der Waals surface area contributed by atoms with Crippen molar-refractivity contribution in [2.45, 2.75) is 43.1 Å². The van der Waals surface area contributed by atoms with Gasteiger partial charge in [0.25, 0.3) is 5.91 Å². The number of hydrogen-bond donors (Lipinski definition) is 1. The highest BCUT2D eigenvalue weighted by Crippen LogP contribution is 2.56. The van der Waals surface area contributed by atoms with Crippen molar-refractivity contribution in [3.05, 3.63) is 48.9 Å². The molecule has 1 aliphatic heterocycles. The van der Waals surface area contributed by atoms with Crippen molar-refractivity contribution in [1.82, 2.24) is 15.1 Å². The molecule has 154 valence electrons. The Bertz CT molecular complexity index is 888. The lowest BCUT2D eigenvalue weighted by molar-refractivity contribution is -0.157. The summed E-state index contributed by atoms with van der Waals surface area (Å²) in [7, 11) is 0. The summed E-state index contributed by atoms with van der Waals surface area (Å²) in [6.07, 6.45) is 1.05. The molecule has 0 unspecified atom stereocenters. The lowest BCUT2D eigenvalue weighted by Crippen LogP contribution is -2.50. The standard InChI is InChI=1S/C21H23F2N3O3/c1-2-21(22,23)16(27)18(28)26-12-8-15(9-13-26)20(10-11-20)19-25-24-17(29-19)14-6-4-3-5-7-14/h2-7,15-16,27H,1,8-13H2/t16-/m1/s1. The van der Waals surface area contributed by atoms with Gasteiger partial charge in [-0.15, -0.1) is 10.2 Å². The van der Waals surface area contributed by atoms with E-state index in [0.717, 1.165) is 18.4 Å². The molecule has 1 aliphatic carbocycles. The van der Waals surface area contributed by atoms with Crippen LogP contribution in [0.1, 0.15) is 31.6 Å². The fourth-order valence-corrected chi connectivity index (χ4v) is 4.15. The molecular weight excluding hydrogens is 380 g/mol. The first kappa shape index (κ1) is 19.7. The second-order valence-electron chi connectivity index (χ2n) is 7.82. The monoisotopic (exact) mass is 403 g/mol. The van der Waals surface area contributed by atoms with Gasteiger partial charge in [0, 0.05) is 18.7 Å². The molecule has 2 fully saturated rings. The molecule has 2 heterocycles. The molecule has 0 spiro atoms. The molecule has 1 saturated carbocycles. The van der Waals surface area contributed by atoms with Gasteiger partial charge in [0.1, 0.15) is 0 Å². The van der Waals surface area contributed by atoms with Crippen molar-refractivity contribution in [2.75, 3.05) is 13.1 Å². The number of hydrogen-bond acceptors (Lipinski definition) is 5. The number of rotatable bonds is 6. The second kappa shape index (κ2) is 7.33. The van der Waals surface area contributed by atoms with Crippen LogP contribution in [0.2, 0.25) is 0 Å². The Balaban J connectivity index is 1.42. The summed E-state index contributed by atoms with van der Waals surface area (Å²) in [5.74, 6) is -3.27. The number of nitrogens with zero attached hydrogens (tertiary/aromatic N) is 3. The van der Waals surface area contributed by atoms with E-state index in [0.29, 0.717) is 43.8 Å². The van der Waals surface area contributed by atoms with Crippen LogP contribution in [-0.2, 0) is 10.2 Å². The van der Waals surface area contributed by atoms with Gasteiger partial charge in [-0.3, -0.25) is 4.79 Å². The molecule has 2 aliphatic rings. The zero-order valence-corrected chi connectivity index (χ0v) is 15.9. The van der Waals surface area contributed by atoms with Gasteiger partial charge in [0.05, 0.1) is 5.41 Å². The first-order valence-corrected chi connectivity index (χ1v) is 9.75. The minimum absolute atomic E-state index is 0.196. The van der Waals surface area contributed by atoms with Crippen LogP contribution in [0.3, 0.4) is 0 Å². The van der Waals surface area contributed by atoms with Crippen LogP contribution in [0.4, 0.5) is 8.78 Å². The average molecular weight is 403 g/mol. The van der Waals surface area contributed by atoms with Crippen LogP contribution in [-0.4, -0.2) is 51.2 Å². The van der Waals surface area contributed by atoms with Crippen molar-refractivity contribution < 1.29 is 23.1 Å². The van der Waals surface area contributed by atoms with E-state index in [4.69, 9.17) is 4.42 Å². The van der Waals surface area contributed by atoms with E-state index in [-0.39, 0.29) is 11.3 Å². The average Bonchev–Trinajstić information content (AvgIpc) is 3.42. The van der Waals surface area contributed by atoms with E-state index in [1.165, 1.54) is 4.90 Å². The molecule has 0 bridgehead atoms. The van der Waals surface area contributed by atoms with Crippen molar-refractivity contribution in [3.63, 3.8) is 0 Å². The molecular formula is C21H23F2N3O3. The third-order valence-corrected chi connectivity index (χ3v) is 6.12. The second-order valence-corrected chi connectivity index (χ2v) is 7.82. The number of benzene rings is 1. The molecule has 1 aromatic carbocycles. The maximum atomic E-state index is 13.5. The Morgan fingerprint density at radius 1 is 1.28 bits per heavy atom. The van der Waals surface area contributed by atoms with Crippen LogP contribution in [0.25, 0.3) is 11.5 Å². The molecule has 1 atom stereocenters. The molecule has 2 aromatic rings. The summed E-state index contributed by atoms with van der Waals surface area (Å²) in [5.41, 5.74) is 0.665. The van der Waals surface area contributed by atoms with Gasteiger partial charge < -0.3 is 14.4 Å². The molecule has 1 aromatic heterocycles. The molecule has 0 radical (unpaired) electrons. The maximum absolute atomic E-state index is 13.5. The minimum atomic E-state index is -3.64. The highest BCUT2D eigenvalue weighted by molar-refractivity contribution is 5.82. The molecule has 1 saturated heterocycles. The molecule has 8 heteroatoms. The fraction of sp³-hybridized carbons (Fsp3) is 0.476. The van der Waals surface area contributed by atoms with E-state index >= 15 is 0 Å². The summed E-state index contributed by atoms with van der Waals surface area (Å²) in [6.45, 7) is 3.62. The fourth-order valence-electron chi connectivity index (χ4n) is 4.15. The molecule has 29 heavy (non-hydrogen) atoms. The van der Waals surface area contributed by atoms with Gasteiger partial charge in [0.2, 0.25) is 17.9 Å². The number of likely N-dealkylation sites (tertiary alicyclic amines) is 1.